The molecule has 4 saturated carbocycles. The summed E-state index contributed by atoms with van der Waals surface area (Å²) in [7, 11) is -4.46. The Kier molecular flexibility index (Phi) is 12.3. The summed E-state index contributed by atoms with van der Waals surface area (Å²) >= 11 is 0. The number of rotatable bonds is 16. The van der Waals surface area contributed by atoms with Gasteiger partial charge in [-0.3, -0.25) is 4.55 Å². The van der Waals surface area contributed by atoms with Crippen LogP contribution in [0.15, 0.2) is 0 Å². The van der Waals surface area contributed by atoms with Crippen LogP contribution in [0.2, 0.25) is 0 Å². The van der Waals surface area contributed by atoms with Crippen molar-refractivity contribution in [2.75, 3.05) is 26.2 Å². The lowest BCUT2D eigenvalue weighted by atomic mass is 9.39. The van der Waals surface area contributed by atoms with Crippen molar-refractivity contribution in [3.8, 4) is 0 Å². The fraction of sp³-hybridized carbons (Fsp3) is 1.00. The Labute approximate surface area is 269 Å². The van der Waals surface area contributed by atoms with Gasteiger partial charge in [0, 0.05) is 6.04 Å². The van der Waals surface area contributed by atoms with Gasteiger partial charge in [-0.25, -0.2) is 4.18 Å². The van der Waals surface area contributed by atoms with Crippen LogP contribution in [0.3, 0.4) is 0 Å². The third-order valence-electron chi connectivity index (χ3n) is 13.8. The molecule has 0 aromatic rings. The van der Waals surface area contributed by atoms with Crippen LogP contribution in [-0.4, -0.2) is 62.5 Å². The number of hydrogen-bond acceptors (Lipinski definition) is 7. The summed E-state index contributed by atoms with van der Waals surface area (Å²) in [5.74, 6) is 2.53. The molecule has 9 heteroatoms. The molecular formula is C35H67N3O5S. The van der Waals surface area contributed by atoms with E-state index in [1.165, 1.54) is 38.5 Å². The fourth-order valence-electron chi connectivity index (χ4n) is 11.1. The molecule has 44 heavy (non-hydrogen) atoms. The fourth-order valence-corrected chi connectivity index (χ4v) is 11.8. The Hall–Kier alpha value is -0.290. The monoisotopic (exact) mass is 641 g/mol. The first-order valence-electron chi connectivity index (χ1n) is 18.1. The highest BCUT2D eigenvalue weighted by Crippen LogP contribution is 2.71. The Bertz CT molecular complexity index is 1030. The van der Waals surface area contributed by atoms with E-state index in [1.807, 2.05) is 13.8 Å². The minimum Gasteiger partial charge on any atom is -0.393 e. The van der Waals surface area contributed by atoms with Crippen molar-refractivity contribution >= 4 is 10.4 Å². The molecule has 0 bridgehead atoms. The minimum absolute atomic E-state index is 0.0118. The Morgan fingerprint density at radius 2 is 1.64 bits per heavy atom. The average molecular weight is 642 g/mol. The SMILES string of the molecule is CC(C)C(CC[C@H](C)C1CCC2C3C(CC[C@@]21C)[C@@]1(C)CC[C@H](NCCCNCCCCN)C[C@]1(C)C[C@H]3O)OS(=O)(=O)O. The summed E-state index contributed by atoms with van der Waals surface area (Å²) in [6.07, 6.45) is 13.5. The van der Waals surface area contributed by atoms with Crippen molar-refractivity contribution in [3.05, 3.63) is 0 Å². The van der Waals surface area contributed by atoms with Gasteiger partial charge in [-0.1, -0.05) is 41.5 Å². The number of fused-ring (bicyclic) bond motifs is 5. The van der Waals surface area contributed by atoms with Crippen LogP contribution in [0.5, 0.6) is 0 Å². The van der Waals surface area contributed by atoms with Crippen molar-refractivity contribution < 1.29 is 22.3 Å². The van der Waals surface area contributed by atoms with E-state index < -0.39 is 16.5 Å². The number of nitrogens with one attached hydrogen (secondary N) is 2. The molecule has 0 radical (unpaired) electrons. The predicted octanol–water partition coefficient (Wildman–Crippen LogP) is 5.94. The number of aliphatic hydroxyl groups excluding tert-OH is 1. The van der Waals surface area contributed by atoms with E-state index in [0.29, 0.717) is 42.1 Å². The molecule has 8 nitrogen and oxygen atoms in total. The molecule has 0 spiro atoms. The molecule has 4 aliphatic carbocycles. The topological polar surface area (TPSA) is 134 Å². The molecule has 5 unspecified atom stereocenters. The normalized spacial score (nSPS) is 40.3. The zero-order valence-electron chi connectivity index (χ0n) is 28.8. The second kappa shape index (κ2) is 14.9. The van der Waals surface area contributed by atoms with Gasteiger partial charge < -0.3 is 21.5 Å². The third-order valence-corrected chi connectivity index (χ3v) is 14.3. The van der Waals surface area contributed by atoms with Gasteiger partial charge in [0.2, 0.25) is 0 Å². The number of aliphatic hydroxyl groups is 1. The second-order valence-corrected chi connectivity index (χ2v) is 17.7. The van der Waals surface area contributed by atoms with Crippen LogP contribution >= 0.6 is 0 Å². The number of hydrogen-bond donors (Lipinski definition) is 5. The standard InChI is InChI=1S/C35H67N3O5S/c1-24(2)31(43-44(40,41)42)13-10-25(3)27-11-12-28-32-29(15-16-34(27,28)5)35(6)17-14-26(22-33(35,4)23-30(32)39)38-21-9-20-37-19-8-7-18-36/h24-32,37-39H,7-23,36H2,1-6H3,(H,40,41,42)/t25-,26-,27?,28?,29?,30+,31?,32?,33+,34+,35+/m0/s1. The molecule has 4 aliphatic rings. The van der Waals surface area contributed by atoms with Crippen molar-refractivity contribution in [1.29, 1.82) is 0 Å². The van der Waals surface area contributed by atoms with E-state index in [2.05, 4.69) is 38.3 Å². The average Bonchev–Trinajstić information content (AvgIpc) is 3.29. The summed E-state index contributed by atoms with van der Waals surface area (Å²) < 4.78 is 37.2. The van der Waals surface area contributed by atoms with E-state index in [4.69, 9.17) is 9.92 Å². The first-order valence-corrected chi connectivity index (χ1v) is 19.5. The van der Waals surface area contributed by atoms with E-state index >= 15 is 0 Å². The highest BCUT2D eigenvalue weighted by atomic mass is 32.3. The maximum atomic E-state index is 11.9. The Morgan fingerprint density at radius 3 is 2.32 bits per heavy atom. The summed E-state index contributed by atoms with van der Waals surface area (Å²) in [4.78, 5) is 0. The van der Waals surface area contributed by atoms with E-state index in [1.54, 1.807) is 0 Å². The first-order chi connectivity index (χ1) is 20.6. The van der Waals surface area contributed by atoms with Crippen molar-refractivity contribution in [2.45, 2.75) is 143 Å². The molecule has 4 fully saturated rings. The maximum Gasteiger partial charge on any atom is 0.397 e. The molecule has 0 aliphatic heterocycles. The lowest BCUT2D eigenvalue weighted by Crippen LogP contribution is -2.63. The first kappa shape index (κ1) is 36.5. The molecule has 6 N–H and O–H groups in total. The van der Waals surface area contributed by atoms with E-state index in [9.17, 15) is 18.1 Å². The minimum atomic E-state index is -4.46. The van der Waals surface area contributed by atoms with Crippen LogP contribution in [0.25, 0.3) is 0 Å². The van der Waals surface area contributed by atoms with Crippen LogP contribution in [0.4, 0.5) is 0 Å². The van der Waals surface area contributed by atoms with Gasteiger partial charge in [-0.2, -0.15) is 8.42 Å². The lowest BCUT2D eigenvalue weighted by Gasteiger charge is -2.66. The van der Waals surface area contributed by atoms with Gasteiger partial charge in [-0.05, 0) is 161 Å². The molecule has 0 aromatic carbocycles. The van der Waals surface area contributed by atoms with Gasteiger partial charge in [0.25, 0.3) is 0 Å². The summed E-state index contributed by atoms with van der Waals surface area (Å²) in [5.41, 5.74) is 6.22. The van der Waals surface area contributed by atoms with Gasteiger partial charge in [0.05, 0.1) is 12.2 Å². The molecule has 0 saturated heterocycles. The number of nitrogens with two attached hydrogens (primary N) is 1. The van der Waals surface area contributed by atoms with E-state index in [0.717, 1.165) is 64.7 Å². The van der Waals surface area contributed by atoms with Gasteiger partial charge in [-0.15, -0.1) is 0 Å². The molecule has 258 valence electrons. The molecule has 11 atom stereocenters. The van der Waals surface area contributed by atoms with Gasteiger partial charge >= 0.3 is 10.4 Å². The Balaban J connectivity index is 1.35. The molecule has 4 rings (SSSR count). The van der Waals surface area contributed by atoms with Crippen LogP contribution in [0.1, 0.15) is 125 Å². The lowest BCUT2D eigenvalue weighted by molar-refractivity contribution is -0.202. The zero-order valence-corrected chi connectivity index (χ0v) is 29.6. The zero-order chi connectivity index (χ0) is 32.3. The van der Waals surface area contributed by atoms with Crippen molar-refractivity contribution in [3.63, 3.8) is 0 Å². The number of unbranched alkanes of at least 4 members (excludes halogenated alkanes) is 1. The van der Waals surface area contributed by atoms with E-state index in [-0.39, 0.29) is 28.3 Å². The molecule has 0 heterocycles. The van der Waals surface area contributed by atoms with Crippen LogP contribution < -0.4 is 16.4 Å². The molecule has 0 aromatic heterocycles. The quantitative estimate of drug-likeness (QED) is 0.103. The highest BCUT2D eigenvalue weighted by Gasteiger charge is 2.65. The van der Waals surface area contributed by atoms with Crippen molar-refractivity contribution in [2.24, 2.45) is 57.5 Å². The van der Waals surface area contributed by atoms with Gasteiger partial charge in [0.15, 0.2) is 0 Å². The van der Waals surface area contributed by atoms with Gasteiger partial charge in [0.1, 0.15) is 0 Å². The van der Waals surface area contributed by atoms with Crippen LogP contribution in [0, 0.1) is 51.8 Å². The summed E-state index contributed by atoms with van der Waals surface area (Å²) in [6.45, 7) is 17.7. The molecular weight excluding hydrogens is 574 g/mol. The maximum absolute atomic E-state index is 11.9. The predicted molar refractivity (Wildman–Crippen MR) is 178 cm³/mol. The molecule has 0 amide bonds. The van der Waals surface area contributed by atoms with Crippen molar-refractivity contribution in [1.82, 2.24) is 10.6 Å². The second-order valence-electron chi connectivity index (χ2n) is 16.6. The summed E-state index contributed by atoms with van der Waals surface area (Å²) in [5, 5.41) is 19.4. The summed E-state index contributed by atoms with van der Waals surface area (Å²) in [6, 6.07) is 0.541. The van der Waals surface area contributed by atoms with Crippen LogP contribution in [-0.2, 0) is 14.6 Å². The highest BCUT2D eigenvalue weighted by molar-refractivity contribution is 7.80. The third kappa shape index (κ3) is 7.87. The Morgan fingerprint density at radius 1 is 0.909 bits per heavy atom. The largest absolute Gasteiger partial charge is 0.397 e. The smallest absolute Gasteiger partial charge is 0.393 e.